The summed E-state index contributed by atoms with van der Waals surface area (Å²) < 4.78 is 5.44. The minimum absolute atomic E-state index is 0.0376. The number of nitrogens with one attached hydrogen (secondary N) is 3. The number of amides is 2. The van der Waals surface area contributed by atoms with E-state index in [0.29, 0.717) is 24.5 Å². The minimum atomic E-state index is -0.172. The van der Waals surface area contributed by atoms with Crippen LogP contribution in [0.2, 0.25) is 0 Å². The van der Waals surface area contributed by atoms with E-state index in [1.165, 1.54) is 0 Å². The molecule has 0 radical (unpaired) electrons. The molecule has 0 aliphatic rings. The lowest BCUT2D eigenvalue weighted by Crippen LogP contribution is -2.21. The fourth-order valence-electron chi connectivity index (χ4n) is 2.13. The van der Waals surface area contributed by atoms with E-state index in [1.807, 2.05) is 24.3 Å². The largest absolute Gasteiger partial charge is 0.489 e. The third kappa shape index (κ3) is 6.32. The van der Waals surface area contributed by atoms with Crippen molar-refractivity contribution in [2.75, 3.05) is 29.1 Å². The average molecular weight is 353 g/mol. The molecule has 0 aliphatic carbocycles. The van der Waals surface area contributed by atoms with E-state index in [4.69, 9.17) is 4.74 Å². The van der Waals surface area contributed by atoms with Crippen LogP contribution in [0.25, 0.3) is 0 Å². The van der Waals surface area contributed by atoms with Crippen molar-refractivity contribution in [2.45, 2.75) is 13.3 Å². The van der Waals surface area contributed by atoms with E-state index in [0.717, 1.165) is 11.4 Å². The van der Waals surface area contributed by atoms with E-state index in [1.54, 1.807) is 37.3 Å². The molecule has 0 saturated carbocycles. The smallest absolute Gasteiger partial charge is 0.243 e. The number of anilines is 3. The summed E-state index contributed by atoms with van der Waals surface area (Å²) in [6.45, 7) is 5.93. The SMILES string of the molecule is C=CCOc1cccc(NC(=O)CNc2ccc(NC(=O)CC)cc2)c1. The molecule has 6 heteroatoms. The van der Waals surface area contributed by atoms with Gasteiger partial charge in [0.1, 0.15) is 12.4 Å². The lowest BCUT2D eigenvalue weighted by molar-refractivity contribution is -0.116. The molecule has 0 unspecified atom stereocenters. The Hall–Kier alpha value is -3.28. The number of ether oxygens (including phenoxy) is 1. The quantitative estimate of drug-likeness (QED) is 0.601. The molecule has 136 valence electrons. The lowest BCUT2D eigenvalue weighted by Gasteiger charge is -2.10. The Kier molecular flexibility index (Phi) is 7.24. The van der Waals surface area contributed by atoms with Crippen LogP contribution in [-0.4, -0.2) is 25.0 Å². The number of hydrogen-bond donors (Lipinski definition) is 3. The van der Waals surface area contributed by atoms with Gasteiger partial charge < -0.3 is 20.7 Å². The first-order chi connectivity index (χ1) is 12.6. The summed E-state index contributed by atoms with van der Waals surface area (Å²) in [5.74, 6) is 0.457. The topological polar surface area (TPSA) is 79.5 Å². The first kappa shape index (κ1) is 19.1. The van der Waals surface area contributed by atoms with Crippen LogP contribution in [0.3, 0.4) is 0 Å². The van der Waals surface area contributed by atoms with Crippen LogP contribution in [0.1, 0.15) is 13.3 Å². The maximum Gasteiger partial charge on any atom is 0.243 e. The molecule has 26 heavy (non-hydrogen) atoms. The first-order valence-corrected chi connectivity index (χ1v) is 8.38. The number of carbonyl (C=O) groups is 2. The van der Waals surface area contributed by atoms with Gasteiger partial charge in [-0.15, -0.1) is 0 Å². The molecular weight excluding hydrogens is 330 g/mol. The standard InChI is InChI=1S/C20H23N3O3/c1-3-12-26-18-7-5-6-17(13-18)23-20(25)14-21-15-8-10-16(11-9-15)22-19(24)4-2/h3,5-11,13,21H,1,4,12,14H2,2H3,(H,22,24)(H,23,25). The van der Waals surface area contributed by atoms with Gasteiger partial charge in [-0.2, -0.15) is 0 Å². The van der Waals surface area contributed by atoms with E-state index < -0.39 is 0 Å². The molecule has 0 bridgehead atoms. The van der Waals surface area contributed by atoms with Gasteiger partial charge in [0.25, 0.3) is 0 Å². The lowest BCUT2D eigenvalue weighted by atomic mass is 10.2. The van der Waals surface area contributed by atoms with Crippen LogP contribution in [0, 0.1) is 0 Å². The van der Waals surface area contributed by atoms with Gasteiger partial charge in [-0.05, 0) is 36.4 Å². The molecule has 0 aromatic heterocycles. The summed E-state index contributed by atoms with van der Waals surface area (Å²) in [5, 5.41) is 8.62. The number of rotatable bonds is 9. The third-order valence-electron chi connectivity index (χ3n) is 3.43. The van der Waals surface area contributed by atoms with Gasteiger partial charge in [-0.25, -0.2) is 0 Å². The third-order valence-corrected chi connectivity index (χ3v) is 3.43. The summed E-state index contributed by atoms with van der Waals surface area (Å²) in [4.78, 5) is 23.4. The molecular formula is C20H23N3O3. The molecule has 2 rings (SSSR count). The Morgan fingerprint density at radius 1 is 1.00 bits per heavy atom. The van der Waals surface area contributed by atoms with Crippen molar-refractivity contribution < 1.29 is 14.3 Å². The van der Waals surface area contributed by atoms with E-state index in [9.17, 15) is 9.59 Å². The molecule has 0 spiro atoms. The van der Waals surface area contributed by atoms with Gasteiger partial charge >= 0.3 is 0 Å². The van der Waals surface area contributed by atoms with Crippen LogP contribution < -0.4 is 20.7 Å². The van der Waals surface area contributed by atoms with Crippen molar-refractivity contribution in [3.8, 4) is 5.75 Å². The first-order valence-electron chi connectivity index (χ1n) is 8.38. The number of benzene rings is 2. The highest BCUT2D eigenvalue weighted by molar-refractivity contribution is 5.94. The second kappa shape index (κ2) is 9.88. The van der Waals surface area contributed by atoms with Gasteiger partial charge in [0, 0.05) is 29.5 Å². The summed E-state index contributed by atoms with van der Waals surface area (Å²) in [7, 11) is 0. The fraction of sp³-hybridized carbons (Fsp3) is 0.200. The Morgan fingerprint density at radius 3 is 2.38 bits per heavy atom. The van der Waals surface area contributed by atoms with E-state index in [-0.39, 0.29) is 18.4 Å². The highest BCUT2D eigenvalue weighted by Gasteiger charge is 2.04. The zero-order chi connectivity index (χ0) is 18.8. The molecule has 6 nitrogen and oxygen atoms in total. The molecule has 0 heterocycles. The van der Waals surface area contributed by atoms with Gasteiger partial charge in [-0.3, -0.25) is 9.59 Å². The van der Waals surface area contributed by atoms with Crippen molar-refractivity contribution in [3.05, 3.63) is 61.2 Å². The summed E-state index contributed by atoms with van der Waals surface area (Å²) in [6.07, 6.45) is 2.09. The van der Waals surface area contributed by atoms with Crippen molar-refractivity contribution >= 4 is 28.9 Å². The van der Waals surface area contributed by atoms with Crippen molar-refractivity contribution in [3.63, 3.8) is 0 Å². The second-order valence-electron chi connectivity index (χ2n) is 5.51. The summed E-state index contributed by atoms with van der Waals surface area (Å²) >= 11 is 0. The second-order valence-corrected chi connectivity index (χ2v) is 5.51. The Morgan fingerprint density at radius 2 is 1.69 bits per heavy atom. The number of carbonyl (C=O) groups excluding carboxylic acids is 2. The van der Waals surface area contributed by atoms with Crippen LogP contribution in [0.5, 0.6) is 5.75 Å². The van der Waals surface area contributed by atoms with Gasteiger partial charge in [0.2, 0.25) is 11.8 Å². The molecule has 0 saturated heterocycles. The van der Waals surface area contributed by atoms with E-state index >= 15 is 0 Å². The Balaban J connectivity index is 1.83. The summed E-state index contributed by atoms with van der Waals surface area (Å²) in [6, 6.07) is 14.4. The Labute approximate surface area is 153 Å². The molecule has 0 aliphatic heterocycles. The molecule has 0 fully saturated rings. The highest BCUT2D eigenvalue weighted by atomic mass is 16.5. The maximum atomic E-state index is 12.1. The van der Waals surface area contributed by atoms with Crippen molar-refractivity contribution in [1.82, 2.24) is 0 Å². The number of hydrogen-bond acceptors (Lipinski definition) is 4. The predicted molar refractivity (Wildman–Crippen MR) is 105 cm³/mol. The van der Waals surface area contributed by atoms with Crippen LogP contribution in [0.4, 0.5) is 17.1 Å². The zero-order valence-electron chi connectivity index (χ0n) is 14.7. The van der Waals surface area contributed by atoms with E-state index in [2.05, 4.69) is 22.5 Å². The predicted octanol–water partition coefficient (Wildman–Crippen LogP) is 3.65. The molecule has 2 aromatic rings. The summed E-state index contributed by atoms with van der Waals surface area (Å²) in [5.41, 5.74) is 2.18. The van der Waals surface area contributed by atoms with Crippen molar-refractivity contribution in [2.24, 2.45) is 0 Å². The highest BCUT2D eigenvalue weighted by Crippen LogP contribution is 2.17. The fourth-order valence-corrected chi connectivity index (χ4v) is 2.13. The average Bonchev–Trinajstić information content (AvgIpc) is 2.66. The monoisotopic (exact) mass is 353 g/mol. The molecule has 2 amide bonds. The van der Waals surface area contributed by atoms with Gasteiger partial charge in [-0.1, -0.05) is 25.6 Å². The van der Waals surface area contributed by atoms with Crippen LogP contribution in [0.15, 0.2) is 61.2 Å². The minimum Gasteiger partial charge on any atom is -0.489 e. The van der Waals surface area contributed by atoms with Crippen molar-refractivity contribution in [1.29, 1.82) is 0 Å². The van der Waals surface area contributed by atoms with Crippen LogP contribution >= 0.6 is 0 Å². The zero-order valence-corrected chi connectivity index (χ0v) is 14.7. The molecule has 0 atom stereocenters. The van der Waals surface area contributed by atoms with Gasteiger partial charge in [0.05, 0.1) is 6.54 Å². The normalized spacial score (nSPS) is 9.88. The van der Waals surface area contributed by atoms with Gasteiger partial charge in [0.15, 0.2) is 0 Å². The maximum absolute atomic E-state index is 12.1. The van der Waals surface area contributed by atoms with Crippen LogP contribution in [-0.2, 0) is 9.59 Å². The molecule has 3 N–H and O–H groups in total. The Bertz CT molecular complexity index is 757. The molecule has 2 aromatic carbocycles.